The number of carbonyl (C=O) groups excluding carboxylic acids is 3. The van der Waals surface area contributed by atoms with Crippen LogP contribution in [-0.4, -0.2) is 37.2 Å². The van der Waals surface area contributed by atoms with Crippen LogP contribution in [0.5, 0.6) is 0 Å². The van der Waals surface area contributed by atoms with E-state index >= 15 is 0 Å². The molecule has 0 saturated carbocycles. The Labute approximate surface area is 450 Å². The highest BCUT2D eigenvalue weighted by Gasteiger charge is 2.19. The van der Waals surface area contributed by atoms with Gasteiger partial charge < -0.3 is 14.2 Å². The molecule has 0 spiro atoms. The van der Waals surface area contributed by atoms with Crippen LogP contribution in [0.25, 0.3) is 0 Å². The van der Waals surface area contributed by atoms with E-state index in [1.54, 1.807) is 0 Å². The molecule has 0 aliphatic carbocycles. The highest BCUT2D eigenvalue weighted by atomic mass is 16.6. The van der Waals surface area contributed by atoms with E-state index in [1.165, 1.54) is 116 Å². The number of carbonyl (C=O) groups is 3. The van der Waals surface area contributed by atoms with Gasteiger partial charge in [0.05, 0.1) is 0 Å². The fourth-order valence-corrected chi connectivity index (χ4v) is 7.93. The van der Waals surface area contributed by atoms with Gasteiger partial charge in [0.25, 0.3) is 0 Å². The molecule has 0 aromatic rings. The fraction of sp³-hybridized carbons (Fsp3) is 0.657. The van der Waals surface area contributed by atoms with Gasteiger partial charge in [-0.2, -0.15) is 0 Å². The van der Waals surface area contributed by atoms with Gasteiger partial charge >= 0.3 is 17.9 Å². The first-order valence-electron chi connectivity index (χ1n) is 30.0. The van der Waals surface area contributed by atoms with Crippen molar-refractivity contribution in [2.75, 3.05) is 13.2 Å². The lowest BCUT2D eigenvalue weighted by molar-refractivity contribution is -0.167. The van der Waals surface area contributed by atoms with E-state index in [0.29, 0.717) is 19.3 Å². The van der Waals surface area contributed by atoms with Crippen molar-refractivity contribution in [1.82, 2.24) is 0 Å². The van der Waals surface area contributed by atoms with Crippen molar-refractivity contribution in [2.24, 2.45) is 0 Å². The van der Waals surface area contributed by atoms with Gasteiger partial charge in [-0.3, -0.25) is 14.4 Å². The van der Waals surface area contributed by atoms with Crippen molar-refractivity contribution in [3.63, 3.8) is 0 Å². The lowest BCUT2D eigenvalue weighted by Gasteiger charge is -2.18. The van der Waals surface area contributed by atoms with Crippen LogP contribution in [-0.2, 0) is 28.6 Å². The quantitative estimate of drug-likeness (QED) is 0.0261. The Morgan fingerprint density at radius 2 is 0.548 bits per heavy atom. The minimum atomic E-state index is -0.821. The number of unbranched alkanes of at least 4 members (excludes halogenated alkanes) is 22. The Morgan fingerprint density at radius 3 is 0.945 bits per heavy atom. The van der Waals surface area contributed by atoms with Crippen molar-refractivity contribution in [3.05, 3.63) is 122 Å². The van der Waals surface area contributed by atoms with Gasteiger partial charge in [0.1, 0.15) is 13.2 Å². The number of hydrogen-bond donors (Lipinski definition) is 0. The number of hydrogen-bond acceptors (Lipinski definition) is 6. The molecule has 0 bridgehead atoms. The van der Waals surface area contributed by atoms with Crippen molar-refractivity contribution in [3.8, 4) is 0 Å². The van der Waals surface area contributed by atoms with E-state index in [1.807, 2.05) is 0 Å². The Morgan fingerprint density at radius 1 is 0.288 bits per heavy atom. The monoisotopic (exact) mass is 1010 g/mol. The number of rotatable bonds is 53. The van der Waals surface area contributed by atoms with Gasteiger partial charge in [0.2, 0.25) is 0 Å². The number of ether oxygens (including phenoxy) is 3. The summed E-state index contributed by atoms with van der Waals surface area (Å²) in [5, 5.41) is 0. The summed E-state index contributed by atoms with van der Waals surface area (Å²) >= 11 is 0. The molecule has 0 fully saturated rings. The van der Waals surface area contributed by atoms with Crippen molar-refractivity contribution in [2.45, 2.75) is 271 Å². The predicted octanol–water partition coefficient (Wildman–Crippen LogP) is 20.4. The van der Waals surface area contributed by atoms with E-state index in [9.17, 15) is 14.4 Å². The summed E-state index contributed by atoms with van der Waals surface area (Å²) in [6.07, 6.45) is 83.4. The molecular weight excluding hydrogens is 901 g/mol. The van der Waals surface area contributed by atoms with Gasteiger partial charge in [-0.05, 0) is 128 Å². The molecule has 414 valence electrons. The van der Waals surface area contributed by atoms with Crippen molar-refractivity contribution >= 4 is 17.9 Å². The molecule has 0 heterocycles. The van der Waals surface area contributed by atoms with E-state index < -0.39 is 6.10 Å². The molecule has 0 aromatic carbocycles. The average molecular weight is 1010 g/mol. The summed E-state index contributed by atoms with van der Waals surface area (Å²) in [4.78, 5) is 38.2. The molecule has 1 atom stereocenters. The van der Waals surface area contributed by atoms with Crippen LogP contribution in [0.1, 0.15) is 265 Å². The first-order chi connectivity index (χ1) is 36.0. The fourth-order valence-electron chi connectivity index (χ4n) is 7.93. The minimum absolute atomic E-state index is 0.117. The standard InChI is InChI=1S/C67H110O6/c1-4-7-10-13-16-19-22-25-28-31-33-36-39-42-45-48-51-54-57-60-66(69)72-63-64(62-71-65(68)59-56-53-50-47-44-41-38-35-30-27-24-21-18-15-12-9-6-3)73-67(70)61-58-55-52-49-46-43-40-37-34-32-29-26-23-20-17-14-11-8-5-2/h7,10,16,18-19,21,25,27-28,30,32-34,36,38,41-42,45,47,50,64H,4-6,8-9,11-15,17,20,22-24,26,29,31,35,37,39-40,43-44,46,48-49,51-63H2,1-3H3/b10-7-,19-16-,21-18-,28-25-,30-27-,34-32-,36-33-,41-38-,45-42-,50-47-/t64-/m1/s1. The average Bonchev–Trinajstić information content (AvgIpc) is 3.39. The Bertz CT molecular complexity index is 1540. The van der Waals surface area contributed by atoms with E-state index in [0.717, 1.165) is 103 Å². The molecule has 0 unspecified atom stereocenters. The van der Waals surface area contributed by atoms with Crippen LogP contribution in [0.2, 0.25) is 0 Å². The molecule has 0 aliphatic rings. The normalized spacial score (nSPS) is 13.0. The molecule has 0 aliphatic heterocycles. The highest BCUT2D eigenvalue weighted by Crippen LogP contribution is 2.14. The molecule has 0 radical (unpaired) electrons. The van der Waals surface area contributed by atoms with Crippen LogP contribution in [0.3, 0.4) is 0 Å². The van der Waals surface area contributed by atoms with Crippen molar-refractivity contribution in [1.29, 1.82) is 0 Å². The van der Waals surface area contributed by atoms with Gasteiger partial charge in [0, 0.05) is 19.3 Å². The molecular formula is C67H110O6. The molecule has 0 saturated heterocycles. The molecule has 0 aromatic heterocycles. The number of allylic oxidation sites excluding steroid dienone is 20. The van der Waals surface area contributed by atoms with Gasteiger partial charge in [0.15, 0.2) is 6.10 Å². The summed E-state index contributed by atoms with van der Waals surface area (Å²) in [5.74, 6) is -1.01. The summed E-state index contributed by atoms with van der Waals surface area (Å²) in [6, 6.07) is 0. The largest absolute Gasteiger partial charge is 0.462 e. The highest BCUT2D eigenvalue weighted by molar-refractivity contribution is 5.71. The SMILES string of the molecule is CC/C=C\C/C=C\C/C=C\C/C=C\C/C=C\CCCCCC(=O)OC[C@@H](COC(=O)CCC/C=C\C/C=C\C/C=C\C/C=C\CCCCC)OC(=O)CCCCCCCCC/C=C\CCCCCCCCCC. The topological polar surface area (TPSA) is 78.9 Å². The zero-order valence-electron chi connectivity index (χ0n) is 47.4. The lowest BCUT2D eigenvalue weighted by Crippen LogP contribution is -2.30. The third-order valence-corrected chi connectivity index (χ3v) is 12.4. The van der Waals surface area contributed by atoms with Crippen LogP contribution < -0.4 is 0 Å². The smallest absolute Gasteiger partial charge is 0.306 e. The first kappa shape index (κ1) is 68.8. The van der Waals surface area contributed by atoms with Crippen LogP contribution >= 0.6 is 0 Å². The van der Waals surface area contributed by atoms with E-state index in [4.69, 9.17) is 14.2 Å². The number of esters is 3. The van der Waals surface area contributed by atoms with E-state index in [-0.39, 0.29) is 37.5 Å². The zero-order chi connectivity index (χ0) is 52.9. The molecule has 6 heteroatoms. The Kier molecular flexibility index (Phi) is 56.9. The minimum Gasteiger partial charge on any atom is -0.462 e. The maximum atomic E-state index is 12.9. The molecule has 0 N–H and O–H groups in total. The molecule has 73 heavy (non-hydrogen) atoms. The summed E-state index contributed by atoms with van der Waals surface area (Å²) < 4.78 is 16.8. The van der Waals surface area contributed by atoms with Gasteiger partial charge in [-0.1, -0.05) is 239 Å². The van der Waals surface area contributed by atoms with E-state index in [2.05, 4.69) is 142 Å². The Balaban J connectivity index is 4.54. The predicted molar refractivity (Wildman–Crippen MR) is 316 cm³/mol. The second-order valence-corrected chi connectivity index (χ2v) is 19.5. The third kappa shape index (κ3) is 58.6. The summed E-state index contributed by atoms with van der Waals surface area (Å²) in [6.45, 7) is 6.42. The third-order valence-electron chi connectivity index (χ3n) is 12.4. The summed E-state index contributed by atoms with van der Waals surface area (Å²) in [5.41, 5.74) is 0. The first-order valence-corrected chi connectivity index (χ1v) is 30.0. The lowest BCUT2D eigenvalue weighted by atomic mass is 10.1. The second kappa shape index (κ2) is 60.4. The maximum Gasteiger partial charge on any atom is 0.306 e. The summed E-state index contributed by atoms with van der Waals surface area (Å²) in [7, 11) is 0. The van der Waals surface area contributed by atoms with Crippen molar-refractivity contribution < 1.29 is 28.6 Å². The van der Waals surface area contributed by atoms with Gasteiger partial charge in [-0.15, -0.1) is 0 Å². The van der Waals surface area contributed by atoms with Gasteiger partial charge in [-0.25, -0.2) is 0 Å². The molecule has 0 amide bonds. The zero-order valence-corrected chi connectivity index (χ0v) is 47.4. The maximum absolute atomic E-state index is 12.9. The molecule has 0 rings (SSSR count). The van der Waals surface area contributed by atoms with Crippen LogP contribution in [0.4, 0.5) is 0 Å². The van der Waals surface area contributed by atoms with Crippen LogP contribution in [0.15, 0.2) is 122 Å². The second-order valence-electron chi connectivity index (χ2n) is 19.5. The van der Waals surface area contributed by atoms with Crippen LogP contribution in [0, 0.1) is 0 Å². The Hall–Kier alpha value is -4.19. The molecule has 6 nitrogen and oxygen atoms in total.